The molecule has 0 aliphatic carbocycles. The second-order valence-corrected chi connectivity index (χ2v) is 8.79. The van der Waals surface area contributed by atoms with Gasteiger partial charge in [0, 0.05) is 17.6 Å². The lowest BCUT2D eigenvalue weighted by Gasteiger charge is -2.38. The first-order chi connectivity index (χ1) is 16.8. The number of rotatable bonds is 7. The molecule has 1 N–H and O–H groups in total. The Morgan fingerprint density at radius 1 is 1.00 bits per heavy atom. The highest BCUT2D eigenvalue weighted by molar-refractivity contribution is 6.02. The van der Waals surface area contributed by atoms with Crippen LogP contribution in [0.5, 0.6) is 11.5 Å². The highest BCUT2D eigenvalue weighted by atomic mass is 16.5. The number of fused-ring (bicyclic) bond motifs is 1. The van der Waals surface area contributed by atoms with Gasteiger partial charge < -0.3 is 24.4 Å². The fraction of sp³-hybridized carbons (Fsp3) is 0.385. The van der Waals surface area contributed by atoms with Crippen molar-refractivity contribution in [2.75, 3.05) is 25.1 Å². The summed E-state index contributed by atoms with van der Waals surface area (Å²) in [4.78, 5) is 50.7. The van der Waals surface area contributed by atoms with Gasteiger partial charge in [0.25, 0.3) is 11.8 Å². The summed E-state index contributed by atoms with van der Waals surface area (Å²) in [6.45, 7) is 3.51. The number of ketones is 1. The molecule has 2 aliphatic rings. The van der Waals surface area contributed by atoms with Crippen LogP contribution in [0.4, 0.5) is 5.69 Å². The minimum atomic E-state index is -0.661. The number of hydrogen-bond acceptors (Lipinski definition) is 7. The number of carbonyl (C=O) groups is 4. The van der Waals surface area contributed by atoms with E-state index in [0.717, 1.165) is 19.3 Å². The number of carbonyl (C=O) groups excluding carboxylic acids is 4. The maximum absolute atomic E-state index is 12.6. The normalized spacial score (nSPS) is 19.1. The Morgan fingerprint density at radius 2 is 1.69 bits per heavy atom. The Kier molecular flexibility index (Phi) is 7.33. The van der Waals surface area contributed by atoms with Crippen molar-refractivity contribution in [3.05, 3.63) is 53.6 Å². The van der Waals surface area contributed by atoms with E-state index in [2.05, 4.69) is 19.2 Å². The summed E-state index contributed by atoms with van der Waals surface area (Å²) in [5.74, 6) is -0.503. The van der Waals surface area contributed by atoms with Crippen LogP contribution in [-0.4, -0.2) is 60.4 Å². The standard InChI is InChI=1S/C26H28N2O7/c1-16-4-3-5-17(2)28(16)25(31)15-33-20-9-6-18(7-10-20)26(32)35-13-22(29)19-8-11-23-21(12-19)27-24(30)14-34-23/h6-12,16-17H,3-5,13-15H2,1-2H3,(H,27,30)/t16-,17-/m1/s1. The summed E-state index contributed by atoms with van der Waals surface area (Å²) in [6, 6.07) is 11.2. The largest absolute Gasteiger partial charge is 0.484 e. The fourth-order valence-corrected chi connectivity index (χ4v) is 4.37. The molecule has 2 aromatic carbocycles. The number of benzene rings is 2. The first-order valence-corrected chi connectivity index (χ1v) is 11.6. The number of hydrogen-bond donors (Lipinski definition) is 1. The molecule has 0 spiro atoms. The summed E-state index contributed by atoms with van der Waals surface area (Å²) in [6.07, 6.45) is 3.11. The van der Waals surface area contributed by atoms with Crippen molar-refractivity contribution in [3.8, 4) is 11.5 Å². The minimum absolute atomic E-state index is 0.0556. The second kappa shape index (κ2) is 10.6. The minimum Gasteiger partial charge on any atom is -0.484 e. The molecule has 0 unspecified atom stereocenters. The van der Waals surface area contributed by atoms with Crippen LogP contribution < -0.4 is 14.8 Å². The van der Waals surface area contributed by atoms with Crippen LogP contribution >= 0.6 is 0 Å². The Balaban J connectivity index is 1.27. The van der Waals surface area contributed by atoms with Crippen LogP contribution in [0.3, 0.4) is 0 Å². The van der Waals surface area contributed by atoms with Gasteiger partial charge in [0.2, 0.25) is 0 Å². The third kappa shape index (κ3) is 5.79. The van der Waals surface area contributed by atoms with Crippen molar-refractivity contribution < 1.29 is 33.4 Å². The van der Waals surface area contributed by atoms with Gasteiger partial charge in [-0.3, -0.25) is 14.4 Å². The summed E-state index contributed by atoms with van der Waals surface area (Å²) in [7, 11) is 0. The Morgan fingerprint density at radius 3 is 2.40 bits per heavy atom. The highest BCUT2D eigenvalue weighted by Crippen LogP contribution is 2.28. The number of Topliss-reactive ketones (excluding diaryl/α,β-unsaturated/α-hetero) is 1. The first kappa shape index (κ1) is 24.3. The van der Waals surface area contributed by atoms with Gasteiger partial charge in [-0.05, 0) is 75.6 Å². The molecule has 2 aromatic rings. The van der Waals surface area contributed by atoms with Crippen LogP contribution in [0.1, 0.15) is 53.8 Å². The molecule has 2 atom stereocenters. The lowest BCUT2D eigenvalue weighted by atomic mass is 9.97. The molecule has 0 radical (unpaired) electrons. The van der Waals surface area contributed by atoms with Crippen molar-refractivity contribution in [3.63, 3.8) is 0 Å². The van der Waals surface area contributed by atoms with E-state index in [1.54, 1.807) is 24.3 Å². The van der Waals surface area contributed by atoms with Gasteiger partial charge in [0.15, 0.2) is 25.6 Å². The van der Waals surface area contributed by atoms with Crippen LogP contribution in [-0.2, 0) is 14.3 Å². The van der Waals surface area contributed by atoms with Gasteiger partial charge in [-0.2, -0.15) is 0 Å². The van der Waals surface area contributed by atoms with Crippen molar-refractivity contribution in [1.82, 2.24) is 4.90 Å². The average Bonchev–Trinajstić information content (AvgIpc) is 2.85. The number of piperidine rings is 1. The molecule has 2 aliphatic heterocycles. The van der Waals surface area contributed by atoms with Gasteiger partial charge in [0.1, 0.15) is 11.5 Å². The van der Waals surface area contributed by atoms with E-state index in [1.165, 1.54) is 18.2 Å². The maximum atomic E-state index is 12.6. The van der Waals surface area contributed by atoms with E-state index >= 15 is 0 Å². The van der Waals surface area contributed by atoms with E-state index in [9.17, 15) is 19.2 Å². The van der Waals surface area contributed by atoms with E-state index in [0.29, 0.717) is 17.2 Å². The Labute approximate surface area is 203 Å². The molecule has 9 heteroatoms. The van der Waals surface area contributed by atoms with Crippen molar-refractivity contribution in [1.29, 1.82) is 0 Å². The highest BCUT2D eigenvalue weighted by Gasteiger charge is 2.29. The summed E-state index contributed by atoms with van der Waals surface area (Å²) < 4.78 is 16.0. The molecule has 184 valence electrons. The molecular formula is C26H28N2O7. The molecule has 2 amide bonds. The predicted molar refractivity (Wildman–Crippen MR) is 127 cm³/mol. The van der Waals surface area contributed by atoms with Gasteiger partial charge in [-0.25, -0.2) is 4.79 Å². The van der Waals surface area contributed by atoms with E-state index in [1.807, 2.05) is 4.90 Å². The third-order valence-electron chi connectivity index (χ3n) is 6.20. The zero-order valence-electron chi connectivity index (χ0n) is 19.7. The third-order valence-corrected chi connectivity index (χ3v) is 6.20. The number of amides is 2. The molecule has 0 aromatic heterocycles. The van der Waals surface area contributed by atoms with Crippen LogP contribution in [0, 0.1) is 0 Å². The summed E-state index contributed by atoms with van der Waals surface area (Å²) >= 11 is 0. The van der Waals surface area contributed by atoms with Gasteiger partial charge >= 0.3 is 5.97 Å². The molecule has 2 heterocycles. The Hall–Kier alpha value is -3.88. The molecule has 0 saturated carbocycles. The van der Waals surface area contributed by atoms with Crippen LogP contribution in [0.25, 0.3) is 0 Å². The van der Waals surface area contributed by atoms with E-state index in [-0.39, 0.29) is 48.2 Å². The number of likely N-dealkylation sites (tertiary alicyclic amines) is 1. The van der Waals surface area contributed by atoms with Crippen molar-refractivity contribution >= 4 is 29.3 Å². The lowest BCUT2D eigenvalue weighted by Crippen LogP contribution is -2.49. The monoisotopic (exact) mass is 480 g/mol. The number of anilines is 1. The Bertz CT molecular complexity index is 1120. The van der Waals surface area contributed by atoms with E-state index in [4.69, 9.17) is 14.2 Å². The second-order valence-electron chi connectivity index (χ2n) is 8.79. The average molecular weight is 481 g/mol. The molecule has 4 rings (SSSR count). The number of nitrogens with zero attached hydrogens (tertiary/aromatic N) is 1. The maximum Gasteiger partial charge on any atom is 0.338 e. The molecule has 1 saturated heterocycles. The smallest absolute Gasteiger partial charge is 0.338 e. The quantitative estimate of drug-likeness (QED) is 0.478. The zero-order chi connectivity index (χ0) is 24.9. The number of ether oxygens (including phenoxy) is 3. The molecule has 0 bridgehead atoms. The molecular weight excluding hydrogens is 452 g/mol. The van der Waals surface area contributed by atoms with Crippen LogP contribution in [0.15, 0.2) is 42.5 Å². The van der Waals surface area contributed by atoms with Gasteiger partial charge in [-0.15, -0.1) is 0 Å². The SMILES string of the molecule is C[C@@H]1CCC[C@@H](C)N1C(=O)COc1ccc(C(=O)OCC(=O)c2ccc3c(c2)NC(=O)CO3)cc1. The summed E-state index contributed by atoms with van der Waals surface area (Å²) in [5.41, 5.74) is 0.936. The van der Waals surface area contributed by atoms with Gasteiger partial charge in [-0.1, -0.05) is 0 Å². The van der Waals surface area contributed by atoms with Crippen molar-refractivity contribution in [2.45, 2.75) is 45.2 Å². The number of esters is 1. The fourth-order valence-electron chi connectivity index (χ4n) is 4.37. The molecule has 9 nitrogen and oxygen atoms in total. The topological polar surface area (TPSA) is 111 Å². The first-order valence-electron chi connectivity index (χ1n) is 11.6. The predicted octanol–water partition coefficient (Wildman–Crippen LogP) is 3.23. The zero-order valence-corrected chi connectivity index (χ0v) is 19.7. The lowest BCUT2D eigenvalue weighted by molar-refractivity contribution is -0.139. The number of nitrogens with one attached hydrogen (secondary N) is 1. The van der Waals surface area contributed by atoms with Crippen molar-refractivity contribution in [2.24, 2.45) is 0 Å². The molecule has 1 fully saturated rings. The van der Waals surface area contributed by atoms with E-state index < -0.39 is 18.4 Å². The van der Waals surface area contributed by atoms with Crippen LogP contribution in [0.2, 0.25) is 0 Å². The van der Waals surface area contributed by atoms with Gasteiger partial charge in [0.05, 0.1) is 11.3 Å². The summed E-state index contributed by atoms with van der Waals surface area (Å²) in [5, 5.41) is 2.63. The molecule has 35 heavy (non-hydrogen) atoms.